The van der Waals surface area contributed by atoms with E-state index in [0.717, 1.165) is 46.8 Å². The SMILES string of the molecule is CCCCCCCc1nnc(SCC(=O)Nc2cccc3ccccc23)n1CC. The Kier molecular flexibility index (Phi) is 8.11. The number of hydrogen-bond acceptors (Lipinski definition) is 4. The van der Waals surface area contributed by atoms with Gasteiger partial charge in [0.1, 0.15) is 5.82 Å². The van der Waals surface area contributed by atoms with Crippen molar-refractivity contribution in [3.05, 3.63) is 48.3 Å². The van der Waals surface area contributed by atoms with Crippen LogP contribution < -0.4 is 5.32 Å². The number of thioether (sulfide) groups is 1. The van der Waals surface area contributed by atoms with Gasteiger partial charge in [-0.3, -0.25) is 4.79 Å². The average molecular weight is 411 g/mol. The van der Waals surface area contributed by atoms with E-state index in [4.69, 9.17) is 0 Å². The van der Waals surface area contributed by atoms with Gasteiger partial charge >= 0.3 is 0 Å². The lowest BCUT2D eigenvalue weighted by molar-refractivity contribution is -0.113. The number of aryl methyl sites for hydroxylation is 1. The third kappa shape index (κ3) is 5.82. The molecule has 0 atom stereocenters. The molecule has 0 spiro atoms. The molecule has 1 aromatic heterocycles. The molecule has 1 heterocycles. The van der Waals surface area contributed by atoms with Crippen LogP contribution in [0.5, 0.6) is 0 Å². The Bertz CT molecular complexity index is 932. The number of unbranched alkanes of at least 4 members (excludes halogenated alkanes) is 4. The van der Waals surface area contributed by atoms with Gasteiger partial charge in [-0.15, -0.1) is 10.2 Å². The minimum absolute atomic E-state index is 0.0295. The van der Waals surface area contributed by atoms with Crippen molar-refractivity contribution in [1.29, 1.82) is 0 Å². The first-order chi connectivity index (χ1) is 14.2. The van der Waals surface area contributed by atoms with Crippen LogP contribution >= 0.6 is 11.8 Å². The number of fused-ring (bicyclic) bond motifs is 1. The Morgan fingerprint density at radius 2 is 1.79 bits per heavy atom. The third-order valence-electron chi connectivity index (χ3n) is 5.01. The Morgan fingerprint density at radius 1 is 1.00 bits per heavy atom. The van der Waals surface area contributed by atoms with E-state index in [0.29, 0.717) is 5.75 Å². The molecular weight excluding hydrogens is 380 g/mol. The van der Waals surface area contributed by atoms with E-state index in [1.165, 1.54) is 37.4 Å². The van der Waals surface area contributed by atoms with Crippen LogP contribution in [0, 0.1) is 0 Å². The van der Waals surface area contributed by atoms with E-state index in [9.17, 15) is 4.79 Å². The summed E-state index contributed by atoms with van der Waals surface area (Å²) in [7, 11) is 0. The largest absolute Gasteiger partial charge is 0.325 e. The number of anilines is 1. The second-order valence-electron chi connectivity index (χ2n) is 7.17. The third-order valence-corrected chi connectivity index (χ3v) is 5.98. The fraction of sp³-hybridized carbons (Fsp3) is 0.435. The number of nitrogens with zero attached hydrogens (tertiary/aromatic N) is 3. The maximum Gasteiger partial charge on any atom is 0.234 e. The summed E-state index contributed by atoms with van der Waals surface area (Å²) >= 11 is 1.45. The maximum atomic E-state index is 12.5. The van der Waals surface area contributed by atoms with Crippen LogP contribution in [0.1, 0.15) is 51.8 Å². The van der Waals surface area contributed by atoms with Gasteiger partial charge in [0.25, 0.3) is 0 Å². The van der Waals surface area contributed by atoms with Gasteiger partial charge in [-0.25, -0.2) is 0 Å². The molecule has 3 aromatic rings. The van der Waals surface area contributed by atoms with Crippen LogP contribution in [0.2, 0.25) is 0 Å². The highest BCUT2D eigenvalue weighted by atomic mass is 32.2. The molecule has 154 valence electrons. The molecule has 0 fully saturated rings. The molecule has 0 radical (unpaired) electrons. The summed E-state index contributed by atoms with van der Waals surface area (Å²) in [6, 6.07) is 14.0. The van der Waals surface area contributed by atoms with Crippen molar-refractivity contribution in [2.45, 2.75) is 64.1 Å². The Morgan fingerprint density at radius 3 is 2.62 bits per heavy atom. The molecule has 0 saturated carbocycles. The molecule has 1 amide bonds. The van der Waals surface area contributed by atoms with Crippen LogP contribution in [0.15, 0.2) is 47.6 Å². The van der Waals surface area contributed by atoms with Crippen molar-refractivity contribution in [2.24, 2.45) is 0 Å². The van der Waals surface area contributed by atoms with E-state index >= 15 is 0 Å². The Hall–Kier alpha value is -2.34. The quantitative estimate of drug-likeness (QED) is 0.326. The fourth-order valence-corrected chi connectivity index (χ4v) is 4.29. The highest BCUT2D eigenvalue weighted by Gasteiger charge is 2.13. The van der Waals surface area contributed by atoms with Crippen molar-refractivity contribution < 1.29 is 4.79 Å². The first-order valence-corrected chi connectivity index (χ1v) is 11.5. The van der Waals surface area contributed by atoms with Crippen molar-refractivity contribution in [1.82, 2.24) is 14.8 Å². The first-order valence-electron chi connectivity index (χ1n) is 10.6. The Labute approximate surface area is 177 Å². The average Bonchev–Trinajstić information content (AvgIpc) is 3.14. The highest BCUT2D eigenvalue weighted by Crippen LogP contribution is 2.24. The van der Waals surface area contributed by atoms with Crippen molar-refractivity contribution >= 4 is 34.1 Å². The molecule has 0 aliphatic carbocycles. The van der Waals surface area contributed by atoms with E-state index in [-0.39, 0.29) is 5.91 Å². The van der Waals surface area contributed by atoms with Crippen LogP contribution in [-0.4, -0.2) is 26.4 Å². The number of nitrogens with one attached hydrogen (secondary N) is 1. The zero-order valence-electron chi connectivity index (χ0n) is 17.4. The number of benzene rings is 2. The van der Waals surface area contributed by atoms with Crippen LogP contribution in [0.25, 0.3) is 10.8 Å². The summed E-state index contributed by atoms with van der Waals surface area (Å²) in [4.78, 5) is 12.5. The molecule has 2 aromatic carbocycles. The molecule has 3 rings (SSSR count). The van der Waals surface area contributed by atoms with Gasteiger partial charge in [-0.2, -0.15) is 0 Å². The molecule has 0 bridgehead atoms. The van der Waals surface area contributed by atoms with E-state index < -0.39 is 0 Å². The fourth-order valence-electron chi connectivity index (χ4n) is 3.47. The number of carbonyl (C=O) groups is 1. The number of aromatic nitrogens is 3. The molecular formula is C23H30N4OS. The first kappa shape index (κ1) is 21.4. The van der Waals surface area contributed by atoms with E-state index in [1.54, 1.807) is 0 Å². The maximum absolute atomic E-state index is 12.5. The lowest BCUT2D eigenvalue weighted by Crippen LogP contribution is -2.15. The van der Waals surface area contributed by atoms with Crippen molar-refractivity contribution in [3.8, 4) is 0 Å². The summed E-state index contributed by atoms with van der Waals surface area (Å²) in [6.07, 6.45) is 7.17. The van der Waals surface area contributed by atoms with Gasteiger partial charge in [0.05, 0.1) is 5.75 Å². The van der Waals surface area contributed by atoms with Crippen LogP contribution in [0.4, 0.5) is 5.69 Å². The lowest BCUT2D eigenvalue weighted by atomic mass is 10.1. The molecule has 29 heavy (non-hydrogen) atoms. The summed E-state index contributed by atoms with van der Waals surface area (Å²) in [5, 5.41) is 14.7. The van der Waals surface area contributed by atoms with Gasteiger partial charge in [-0.1, -0.05) is 80.8 Å². The minimum atomic E-state index is -0.0295. The smallest absolute Gasteiger partial charge is 0.234 e. The summed E-state index contributed by atoms with van der Waals surface area (Å²) in [5.41, 5.74) is 0.846. The molecule has 6 heteroatoms. The number of rotatable bonds is 11. The van der Waals surface area contributed by atoms with E-state index in [1.807, 2.05) is 42.5 Å². The highest BCUT2D eigenvalue weighted by molar-refractivity contribution is 7.99. The number of hydrogen-bond donors (Lipinski definition) is 1. The predicted molar refractivity (Wildman–Crippen MR) is 121 cm³/mol. The molecule has 0 aliphatic heterocycles. The van der Waals surface area contributed by atoms with Crippen LogP contribution in [0.3, 0.4) is 0 Å². The van der Waals surface area contributed by atoms with Crippen molar-refractivity contribution in [3.63, 3.8) is 0 Å². The van der Waals surface area contributed by atoms with Gasteiger partial charge in [-0.05, 0) is 24.8 Å². The summed E-state index contributed by atoms with van der Waals surface area (Å²) in [6.45, 7) is 5.16. The van der Waals surface area contributed by atoms with Crippen LogP contribution in [-0.2, 0) is 17.8 Å². The molecule has 0 aliphatic rings. The number of carbonyl (C=O) groups excluding carboxylic acids is 1. The minimum Gasteiger partial charge on any atom is -0.325 e. The van der Waals surface area contributed by atoms with Gasteiger partial charge in [0, 0.05) is 24.0 Å². The second-order valence-corrected chi connectivity index (χ2v) is 8.11. The molecule has 0 unspecified atom stereocenters. The number of amides is 1. The van der Waals surface area contributed by atoms with Gasteiger partial charge in [0.15, 0.2) is 5.16 Å². The standard InChI is InChI=1S/C23H30N4OS/c1-3-5-6-7-8-16-21-25-26-23(27(21)4-2)29-17-22(28)24-20-15-11-13-18-12-9-10-14-19(18)20/h9-15H,3-8,16-17H2,1-2H3,(H,24,28). The topological polar surface area (TPSA) is 59.8 Å². The molecule has 0 saturated heterocycles. The molecule has 1 N–H and O–H groups in total. The zero-order valence-corrected chi connectivity index (χ0v) is 18.2. The second kappa shape index (κ2) is 11.0. The normalized spacial score (nSPS) is 11.1. The van der Waals surface area contributed by atoms with Gasteiger partial charge in [0.2, 0.25) is 5.91 Å². The predicted octanol–water partition coefficient (Wildman–Crippen LogP) is 5.69. The van der Waals surface area contributed by atoms with E-state index in [2.05, 4.69) is 33.9 Å². The Balaban J connectivity index is 1.56. The van der Waals surface area contributed by atoms with Gasteiger partial charge < -0.3 is 9.88 Å². The zero-order chi connectivity index (χ0) is 20.5. The molecule has 5 nitrogen and oxygen atoms in total. The monoisotopic (exact) mass is 410 g/mol. The lowest BCUT2D eigenvalue weighted by Gasteiger charge is -2.09. The van der Waals surface area contributed by atoms with Crippen molar-refractivity contribution in [2.75, 3.05) is 11.1 Å². The summed E-state index contributed by atoms with van der Waals surface area (Å²) < 4.78 is 2.13. The summed E-state index contributed by atoms with van der Waals surface area (Å²) in [5.74, 6) is 1.32.